The van der Waals surface area contributed by atoms with Gasteiger partial charge in [-0.25, -0.2) is 0 Å². The molecule has 2 rings (SSSR count). The predicted molar refractivity (Wildman–Crippen MR) is 107 cm³/mol. The molecular formula is C20H21BrN2O3. The maximum Gasteiger partial charge on any atom is 0.246 e. The molecular weight excluding hydrogens is 396 g/mol. The number of ether oxygens (including phenoxy) is 1. The summed E-state index contributed by atoms with van der Waals surface area (Å²) in [7, 11) is 3.16. The van der Waals surface area contributed by atoms with Crippen LogP contribution in [0.15, 0.2) is 53.0 Å². The number of amides is 2. The predicted octanol–water partition coefficient (Wildman–Crippen LogP) is 3.88. The number of halogens is 1. The van der Waals surface area contributed by atoms with Gasteiger partial charge in [0.2, 0.25) is 11.8 Å². The molecule has 2 aromatic rings. The third-order valence-electron chi connectivity index (χ3n) is 3.76. The average Bonchev–Trinajstić information content (AvgIpc) is 2.62. The summed E-state index contributed by atoms with van der Waals surface area (Å²) in [6, 6.07) is 13.0. The highest BCUT2D eigenvalue weighted by atomic mass is 79.9. The van der Waals surface area contributed by atoms with E-state index in [-0.39, 0.29) is 18.4 Å². The molecule has 0 fully saturated rings. The first-order valence-corrected chi connectivity index (χ1v) is 8.82. The number of likely N-dealkylation sites (N-methyl/N-ethyl adjacent to an activating group) is 1. The number of para-hydroxylation sites is 1. The van der Waals surface area contributed by atoms with Crippen molar-refractivity contribution in [2.75, 3.05) is 26.0 Å². The lowest BCUT2D eigenvalue weighted by atomic mass is 10.2. The fourth-order valence-corrected chi connectivity index (χ4v) is 2.82. The van der Waals surface area contributed by atoms with Gasteiger partial charge < -0.3 is 15.0 Å². The monoisotopic (exact) mass is 416 g/mol. The van der Waals surface area contributed by atoms with E-state index in [0.717, 1.165) is 21.3 Å². The second-order valence-electron chi connectivity index (χ2n) is 5.78. The van der Waals surface area contributed by atoms with Crippen molar-refractivity contribution in [2.45, 2.75) is 6.92 Å². The fraction of sp³-hybridized carbons (Fsp3) is 0.200. The van der Waals surface area contributed by atoms with Crippen molar-refractivity contribution < 1.29 is 14.3 Å². The summed E-state index contributed by atoms with van der Waals surface area (Å²) >= 11 is 3.39. The molecule has 0 radical (unpaired) electrons. The normalized spacial score (nSPS) is 10.6. The third kappa shape index (κ3) is 5.46. The van der Waals surface area contributed by atoms with Crippen LogP contribution in [0.4, 0.5) is 5.69 Å². The molecule has 0 unspecified atom stereocenters. The van der Waals surface area contributed by atoms with Gasteiger partial charge >= 0.3 is 0 Å². The molecule has 0 aliphatic rings. The van der Waals surface area contributed by atoms with Crippen molar-refractivity contribution >= 4 is 39.5 Å². The van der Waals surface area contributed by atoms with E-state index in [0.29, 0.717) is 5.75 Å². The number of methoxy groups -OCH3 is 1. The average molecular weight is 417 g/mol. The van der Waals surface area contributed by atoms with Crippen LogP contribution in [-0.4, -0.2) is 37.4 Å². The molecule has 0 spiro atoms. The lowest BCUT2D eigenvalue weighted by Crippen LogP contribution is -2.34. The zero-order valence-electron chi connectivity index (χ0n) is 15.0. The number of carbonyl (C=O) groups is 2. The Labute approximate surface area is 161 Å². The van der Waals surface area contributed by atoms with Crippen LogP contribution in [0.25, 0.3) is 6.08 Å². The minimum Gasteiger partial charge on any atom is -0.496 e. The van der Waals surface area contributed by atoms with Gasteiger partial charge in [-0.3, -0.25) is 9.59 Å². The van der Waals surface area contributed by atoms with Crippen LogP contribution in [0.2, 0.25) is 0 Å². The minimum atomic E-state index is -0.265. The Balaban J connectivity index is 1.95. The Morgan fingerprint density at radius 3 is 2.65 bits per heavy atom. The molecule has 2 aromatic carbocycles. The zero-order chi connectivity index (χ0) is 19.1. The molecule has 0 saturated heterocycles. The molecule has 2 amide bonds. The van der Waals surface area contributed by atoms with Crippen LogP contribution in [0.5, 0.6) is 5.75 Å². The topological polar surface area (TPSA) is 58.6 Å². The summed E-state index contributed by atoms with van der Waals surface area (Å²) in [5.74, 6) is 0.165. The third-order valence-corrected chi connectivity index (χ3v) is 4.26. The molecule has 6 heteroatoms. The van der Waals surface area contributed by atoms with E-state index in [1.807, 2.05) is 49.4 Å². The SMILES string of the molecule is COc1ccccc1/C=C/C(=O)N(C)CC(=O)Nc1ccc(Br)cc1C. The molecule has 0 aliphatic heterocycles. The highest BCUT2D eigenvalue weighted by Gasteiger charge is 2.12. The number of carbonyl (C=O) groups excluding carboxylic acids is 2. The Hall–Kier alpha value is -2.60. The summed E-state index contributed by atoms with van der Waals surface area (Å²) in [5.41, 5.74) is 2.47. The summed E-state index contributed by atoms with van der Waals surface area (Å²) in [6.45, 7) is 1.87. The van der Waals surface area contributed by atoms with E-state index in [4.69, 9.17) is 4.74 Å². The molecule has 0 aromatic heterocycles. The second kappa shape index (κ2) is 9.20. The summed E-state index contributed by atoms with van der Waals surface area (Å²) in [4.78, 5) is 25.8. The Morgan fingerprint density at radius 1 is 1.23 bits per heavy atom. The van der Waals surface area contributed by atoms with Crippen LogP contribution < -0.4 is 10.1 Å². The van der Waals surface area contributed by atoms with Crippen LogP contribution >= 0.6 is 15.9 Å². The van der Waals surface area contributed by atoms with Gasteiger partial charge in [-0.2, -0.15) is 0 Å². The van der Waals surface area contributed by atoms with E-state index >= 15 is 0 Å². The number of anilines is 1. The highest BCUT2D eigenvalue weighted by Crippen LogP contribution is 2.20. The van der Waals surface area contributed by atoms with Crippen molar-refractivity contribution in [3.63, 3.8) is 0 Å². The lowest BCUT2D eigenvalue weighted by molar-refractivity contribution is -0.129. The van der Waals surface area contributed by atoms with Gasteiger partial charge in [-0.1, -0.05) is 34.1 Å². The smallest absolute Gasteiger partial charge is 0.246 e. The second-order valence-corrected chi connectivity index (χ2v) is 6.69. The fourth-order valence-electron chi connectivity index (χ4n) is 2.34. The van der Waals surface area contributed by atoms with Crippen LogP contribution in [0, 0.1) is 6.92 Å². The van der Waals surface area contributed by atoms with Gasteiger partial charge in [0.05, 0.1) is 13.7 Å². The largest absolute Gasteiger partial charge is 0.496 e. The Bertz CT molecular complexity index is 834. The van der Waals surface area contributed by atoms with E-state index in [9.17, 15) is 9.59 Å². The van der Waals surface area contributed by atoms with Gasteiger partial charge in [0.1, 0.15) is 5.75 Å². The highest BCUT2D eigenvalue weighted by molar-refractivity contribution is 9.10. The molecule has 0 heterocycles. The molecule has 136 valence electrons. The van der Waals surface area contributed by atoms with Gasteiger partial charge in [0, 0.05) is 28.8 Å². The summed E-state index contributed by atoms with van der Waals surface area (Å²) < 4.78 is 6.19. The number of nitrogens with one attached hydrogen (secondary N) is 1. The van der Waals surface area contributed by atoms with E-state index in [2.05, 4.69) is 21.2 Å². The quantitative estimate of drug-likeness (QED) is 0.726. The lowest BCUT2D eigenvalue weighted by Gasteiger charge is -2.16. The van der Waals surface area contributed by atoms with E-state index in [1.54, 1.807) is 20.2 Å². The molecule has 0 bridgehead atoms. The van der Waals surface area contributed by atoms with Crippen molar-refractivity contribution in [1.82, 2.24) is 4.90 Å². The van der Waals surface area contributed by atoms with Gasteiger partial charge in [0.25, 0.3) is 0 Å². The van der Waals surface area contributed by atoms with Crippen LogP contribution in [0.1, 0.15) is 11.1 Å². The first-order chi connectivity index (χ1) is 12.4. The molecule has 0 aliphatic carbocycles. The van der Waals surface area contributed by atoms with Crippen molar-refractivity contribution in [3.05, 3.63) is 64.1 Å². The van der Waals surface area contributed by atoms with Crippen LogP contribution in [-0.2, 0) is 9.59 Å². The van der Waals surface area contributed by atoms with E-state index < -0.39 is 0 Å². The van der Waals surface area contributed by atoms with Crippen molar-refractivity contribution in [1.29, 1.82) is 0 Å². The maximum atomic E-state index is 12.2. The Kier molecular flexibility index (Phi) is 6.97. The van der Waals surface area contributed by atoms with Crippen molar-refractivity contribution in [3.8, 4) is 5.75 Å². The number of hydrogen-bond acceptors (Lipinski definition) is 3. The standard InChI is InChI=1S/C20H21BrN2O3/c1-14-12-16(21)9-10-17(14)22-19(24)13-23(2)20(25)11-8-15-6-4-5-7-18(15)26-3/h4-12H,13H2,1-3H3,(H,22,24)/b11-8+. The van der Waals surface area contributed by atoms with E-state index in [1.165, 1.54) is 11.0 Å². The summed E-state index contributed by atoms with van der Waals surface area (Å²) in [6.07, 6.45) is 3.10. The first kappa shape index (κ1) is 19.7. The molecule has 5 nitrogen and oxygen atoms in total. The van der Waals surface area contributed by atoms with Crippen molar-refractivity contribution in [2.24, 2.45) is 0 Å². The number of aryl methyl sites for hydroxylation is 1. The molecule has 0 atom stereocenters. The number of benzene rings is 2. The molecule has 26 heavy (non-hydrogen) atoms. The zero-order valence-corrected chi connectivity index (χ0v) is 16.5. The van der Waals surface area contributed by atoms with Gasteiger partial charge in [0.15, 0.2) is 0 Å². The van der Waals surface area contributed by atoms with Gasteiger partial charge in [-0.15, -0.1) is 0 Å². The number of nitrogens with zero attached hydrogens (tertiary/aromatic N) is 1. The Morgan fingerprint density at radius 2 is 1.96 bits per heavy atom. The molecule has 0 saturated carbocycles. The van der Waals surface area contributed by atoms with Gasteiger partial charge in [-0.05, 0) is 42.8 Å². The number of hydrogen-bond donors (Lipinski definition) is 1. The summed E-state index contributed by atoms with van der Waals surface area (Å²) in [5, 5.41) is 2.82. The minimum absolute atomic E-state index is 0.0371. The first-order valence-electron chi connectivity index (χ1n) is 8.03. The maximum absolute atomic E-state index is 12.2. The number of rotatable bonds is 6. The van der Waals surface area contributed by atoms with Crippen LogP contribution in [0.3, 0.4) is 0 Å². The molecule has 1 N–H and O–H groups in total.